The molecule has 2 saturated heterocycles. The first-order chi connectivity index (χ1) is 25.1. The third kappa shape index (κ3) is 7.76. The van der Waals surface area contributed by atoms with Gasteiger partial charge in [-0.15, -0.1) is 6.58 Å². The van der Waals surface area contributed by atoms with Crippen molar-refractivity contribution in [2.24, 2.45) is 5.92 Å². The predicted molar refractivity (Wildman–Crippen MR) is 202 cm³/mol. The average Bonchev–Trinajstić information content (AvgIpc) is 3.42. The molecular weight excluding hydrogens is 658 g/mol. The van der Waals surface area contributed by atoms with Crippen molar-refractivity contribution in [3.05, 3.63) is 77.4 Å². The summed E-state index contributed by atoms with van der Waals surface area (Å²) in [6, 6.07) is 14.9. The van der Waals surface area contributed by atoms with Gasteiger partial charge >= 0.3 is 5.97 Å². The van der Waals surface area contributed by atoms with Crippen molar-refractivity contribution in [2.75, 3.05) is 49.5 Å². The number of carboxylic acid groups (broad SMARTS) is 1. The number of piperidine rings is 1. The molecule has 0 unspecified atom stereocenters. The summed E-state index contributed by atoms with van der Waals surface area (Å²) in [5, 5.41) is 23.4. The lowest BCUT2D eigenvalue weighted by molar-refractivity contribution is -0.138. The van der Waals surface area contributed by atoms with Gasteiger partial charge in [-0.2, -0.15) is 4.98 Å². The summed E-state index contributed by atoms with van der Waals surface area (Å²) in [5.74, 6) is 0.516. The maximum atomic E-state index is 13.4. The quantitative estimate of drug-likeness (QED) is 0.186. The molecule has 1 saturated carbocycles. The molecule has 3 fully saturated rings. The molecule has 2 aliphatic heterocycles. The van der Waals surface area contributed by atoms with Crippen LogP contribution in [0.1, 0.15) is 64.5 Å². The number of nitrogens with one attached hydrogen (secondary N) is 1. The predicted octanol–water partition coefficient (Wildman–Crippen LogP) is 4.75. The summed E-state index contributed by atoms with van der Waals surface area (Å²) >= 11 is 0. The number of hydrogen-bond acceptors (Lipinski definition) is 10. The molecule has 4 aromatic rings. The van der Waals surface area contributed by atoms with E-state index in [1.54, 1.807) is 42.8 Å². The van der Waals surface area contributed by atoms with Gasteiger partial charge < -0.3 is 25.3 Å². The van der Waals surface area contributed by atoms with Gasteiger partial charge in [0.2, 0.25) is 5.95 Å². The normalized spacial score (nSPS) is 21.0. The van der Waals surface area contributed by atoms with Gasteiger partial charge in [-0.1, -0.05) is 12.1 Å². The van der Waals surface area contributed by atoms with Crippen LogP contribution in [0.15, 0.2) is 66.1 Å². The van der Waals surface area contributed by atoms with Crippen molar-refractivity contribution < 1.29 is 15.0 Å². The van der Waals surface area contributed by atoms with Crippen molar-refractivity contribution in [2.45, 2.75) is 83.0 Å². The molecule has 5 heterocycles. The van der Waals surface area contributed by atoms with Gasteiger partial charge in [0.05, 0.1) is 12.2 Å². The smallest absolute Gasteiger partial charge is 0.303 e. The highest BCUT2D eigenvalue weighted by molar-refractivity contribution is 5.77. The van der Waals surface area contributed by atoms with E-state index in [1.165, 1.54) is 29.4 Å². The Morgan fingerprint density at radius 3 is 2.25 bits per heavy atom. The molecule has 3 aromatic heterocycles. The second kappa shape index (κ2) is 15.2. The van der Waals surface area contributed by atoms with E-state index in [1.807, 2.05) is 12.1 Å². The molecule has 0 amide bonds. The third-order valence-corrected chi connectivity index (χ3v) is 11.2. The summed E-state index contributed by atoms with van der Waals surface area (Å²) in [6.07, 6.45) is 10.3. The zero-order valence-electron chi connectivity index (χ0n) is 30.3. The molecule has 0 spiro atoms. The van der Waals surface area contributed by atoms with Crippen LogP contribution in [-0.4, -0.2) is 102 Å². The number of nitrogens with zero attached hydrogens (tertiary/aromatic N) is 8. The van der Waals surface area contributed by atoms with E-state index in [9.17, 15) is 14.7 Å². The number of carbonyl (C=O) groups is 1. The molecule has 7 rings (SSSR count). The summed E-state index contributed by atoms with van der Waals surface area (Å²) < 4.78 is 3.17. The molecule has 0 atom stereocenters. The van der Waals surface area contributed by atoms with Crippen LogP contribution in [0.4, 0.5) is 17.3 Å². The van der Waals surface area contributed by atoms with Crippen molar-refractivity contribution in [3.8, 4) is 5.82 Å². The zero-order valence-corrected chi connectivity index (χ0v) is 30.3. The number of carboxylic acids is 1. The third-order valence-electron chi connectivity index (χ3n) is 11.2. The number of aromatic nitrogens is 5. The number of allylic oxidation sites excluding steroid dienone is 1. The standard InChI is InChI=1S/C39H51N9O4/c1-4-18-47-37(51)32-26-40-38(43-36(32)48(47)34-7-5-6-33(42-34)39(2,3)52)41-28-10-14-30(15-11-28)45-21-23-46(24-22-45)31-16-19-44(20-17-31)29-12-8-27(9-13-29)25-35(49)50/h4-7,10-11,14-15,26-27,29,31,52H,1,8-9,12-13,16-25H2,2-3H3,(H,49,50)(H,40,41,43). The fourth-order valence-corrected chi connectivity index (χ4v) is 8.30. The van der Waals surface area contributed by atoms with E-state index in [0.717, 1.165) is 70.6 Å². The summed E-state index contributed by atoms with van der Waals surface area (Å²) in [7, 11) is 0. The van der Waals surface area contributed by atoms with Gasteiger partial charge in [0.1, 0.15) is 11.0 Å². The van der Waals surface area contributed by atoms with Gasteiger partial charge in [-0.25, -0.2) is 19.3 Å². The van der Waals surface area contributed by atoms with Gasteiger partial charge in [-0.05, 0) is 108 Å². The maximum Gasteiger partial charge on any atom is 0.303 e. The summed E-state index contributed by atoms with van der Waals surface area (Å²) in [4.78, 5) is 46.1. The molecular formula is C39H51N9O4. The largest absolute Gasteiger partial charge is 0.481 e. The van der Waals surface area contributed by atoms with Crippen molar-refractivity contribution in [3.63, 3.8) is 0 Å². The van der Waals surface area contributed by atoms with Crippen molar-refractivity contribution in [1.82, 2.24) is 34.1 Å². The Labute approximate surface area is 304 Å². The Morgan fingerprint density at radius 2 is 1.60 bits per heavy atom. The number of pyridine rings is 1. The average molecular weight is 710 g/mol. The van der Waals surface area contributed by atoms with Crippen LogP contribution in [0.2, 0.25) is 0 Å². The van der Waals surface area contributed by atoms with Gasteiger partial charge in [-0.3, -0.25) is 14.5 Å². The zero-order chi connectivity index (χ0) is 36.4. The molecule has 1 aromatic carbocycles. The maximum absolute atomic E-state index is 13.4. The number of aliphatic carboxylic acids is 1. The second-order valence-electron chi connectivity index (χ2n) is 15.1. The molecule has 52 heavy (non-hydrogen) atoms. The molecule has 13 nitrogen and oxygen atoms in total. The van der Waals surface area contributed by atoms with Crippen molar-refractivity contribution in [1.29, 1.82) is 0 Å². The van der Waals surface area contributed by atoms with E-state index < -0.39 is 11.6 Å². The fraction of sp³-hybridized carbons (Fsp3) is 0.513. The minimum atomic E-state index is -1.16. The first-order valence-corrected chi connectivity index (χ1v) is 18.7. The van der Waals surface area contributed by atoms with E-state index in [4.69, 9.17) is 10.1 Å². The van der Waals surface area contributed by atoms with Crippen LogP contribution >= 0.6 is 0 Å². The Kier molecular flexibility index (Phi) is 10.4. The highest BCUT2D eigenvalue weighted by Gasteiger charge is 2.32. The number of benzene rings is 1. The van der Waals surface area contributed by atoms with E-state index in [2.05, 4.69) is 48.7 Å². The first-order valence-electron chi connectivity index (χ1n) is 18.7. The lowest BCUT2D eigenvalue weighted by Gasteiger charge is -2.45. The van der Waals surface area contributed by atoms with Gasteiger partial charge in [0.25, 0.3) is 5.56 Å². The summed E-state index contributed by atoms with van der Waals surface area (Å²) in [6.45, 7) is 13.8. The Bertz CT molecular complexity index is 1930. The van der Waals surface area contributed by atoms with Crippen LogP contribution < -0.4 is 15.8 Å². The Balaban J connectivity index is 0.957. The molecule has 1 aliphatic carbocycles. The van der Waals surface area contributed by atoms with Gasteiger partial charge in [0, 0.05) is 62.3 Å². The molecule has 276 valence electrons. The Hall–Kier alpha value is -4.59. The first kappa shape index (κ1) is 35.8. The van der Waals surface area contributed by atoms with Crippen LogP contribution in [-0.2, 0) is 16.9 Å². The Morgan fingerprint density at radius 1 is 0.923 bits per heavy atom. The number of fused-ring (bicyclic) bond motifs is 1. The van der Waals surface area contributed by atoms with Crippen LogP contribution in [0.5, 0.6) is 0 Å². The van der Waals surface area contributed by atoms with E-state index in [0.29, 0.717) is 52.9 Å². The number of piperazine rings is 1. The fourth-order valence-electron chi connectivity index (χ4n) is 8.30. The minimum absolute atomic E-state index is 0.250. The monoisotopic (exact) mass is 709 g/mol. The second-order valence-corrected chi connectivity index (χ2v) is 15.1. The van der Waals surface area contributed by atoms with Gasteiger partial charge in [0.15, 0.2) is 11.5 Å². The SMILES string of the molecule is C=CCn1c(=O)c2cnc(Nc3ccc(N4CCN(C5CCN(C6CCC(CC(=O)O)CC6)CC5)CC4)cc3)nc2n1-c1cccc(C(C)(C)O)n1. The summed E-state index contributed by atoms with van der Waals surface area (Å²) in [5.41, 5.74) is 1.50. The number of likely N-dealkylation sites (tertiary alicyclic amines) is 1. The van der Waals surface area contributed by atoms with Crippen LogP contribution in [0, 0.1) is 5.92 Å². The van der Waals surface area contributed by atoms with Crippen LogP contribution in [0.25, 0.3) is 16.9 Å². The van der Waals surface area contributed by atoms with E-state index in [-0.39, 0.29) is 12.1 Å². The molecule has 3 aliphatic rings. The number of aliphatic hydroxyl groups is 1. The highest BCUT2D eigenvalue weighted by Crippen LogP contribution is 2.32. The van der Waals surface area contributed by atoms with Crippen molar-refractivity contribution >= 4 is 34.3 Å². The highest BCUT2D eigenvalue weighted by atomic mass is 16.4. The number of rotatable bonds is 11. The lowest BCUT2D eigenvalue weighted by Crippen LogP contribution is -2.54. The lowest BCUT2D eigenvalue weighted by atomic mass is 9.83. The van der Waals surface area contributed by atoms with Crippen LogP contribution in [0.3, 0.4) is 0 Å². The molecule has 3 N–H and O–H groups in total. The minimum Gasteiger partial charge on any atom is -0.481 e. The molecule has 13 heteroatoms. The topological polar surface area (TPSA) is 145 Å². The number of hydrogen-bond donors (Lipinski definition) is 3. The van der Waals surface area contributed by atoms with E-state index >= 15 is 0 Å². The molecule has 0 bridgehead atoms. The number of anilines is 3. The molecule has 0 radical (unpaired) electrons.